The summed E-state index contributed by atoms with van der Waals surface area (Å²) < 4.78 is 2.79. The first kappa shape index (κ1) is 13.7. The largest absolute Gasteiger partial charge is 0.354 e. The van der Waals surface area contributed by atoms with Crippen LogP contribution >= 0.6 is 11.3 Å². The second-order valence-corrected chi connectivity index (χ2v) is 5.67. The highest BCUT2D eigenvalue weighted by molar-refractivity contribution is 7.13. The summed E-state index contributed by atoms with van der Waals surface area (Å²) in [7, 11) is 5.38. The highest BCUT2D eigenvalue weighted by Crippen LogP contribution is 2.23. The normalized spacial score (nSPS) is 12.7. The third-order valence-corrected chi connectivity index (χ3v) is 4.13. The van der Waals surface area contributed by atoms with Gasteiger partial charge in [0.05, 0.1) is 0 Å². The molecule has 0 fully saturated rings. The highest BCUT2D eigenvalue weighted by Gasteiger charge is 2.17. The van der Waals surface area contributed by atoms with Crippen LogP contribution in [0.2, 0.25) is 0 Å². The molecule has 104 valence electrons. The number of hydrogen-bond acceptors (Lipinski definition) is 6. The van der Waals surface area contributed by atoms with Gasteiger partial charge < -0.3 is 4.90 Å². The summed E-state index contributed by atoms with van der Waals surface area (Å²) >= 11 is 1.41. The molecule has 1 atom stereocenters. The lowest BCUT2D eigenvalue weighted by molar-refractivity contribution is 0.710. The topological polar surface area (TPSA) is 68.8 Å². The van der Waals surface area contributed by atoms with E-state index in [1.807, 2.05) is 14.1 Å². The minimum absolute atomic E-state index is 0.212. The van der Waals surface area contributed by atoms with Gasteiger partial charge in [0, 0.05) is 27.1 Å². The standard InChI is InChI=1S/C11H18N6OS/c1-6-7(2)8-12-13-10(19-8)17-11(18)16(5)9(14-17)15(3)4/h7H,6H2,1-5H3. The molecule has 0 aliphatic carbocycles. The van der Waals surface area contributed by atoms with E-state index in [9.17, 15) is 4.79 Å². The van der Waals surface area contributed by atoms with Crippen molar-refractivity contribution < 1.29 is 0 Å². The summed E-state index contributed by atoms with van der Waals surface area (Å²) in [6, 6.07) is 0. The Morgan fingerprint density at radius 3 is 2.58 bits per heavy atom. The van der Waals surface area contributed by atoms with E-state index in [1.165, 1.54) is 20.6 Å². The third kappa shape index (κ3) is 2.40. The summed E-state index contributed by atoms with van der Waals surface area (Å²) in [6.07, 6.45) is 0.995. The summed E-state index contributed by atoms with van der Waals surface area (Å²) in [5.74, 6) is 0.935. The summed E-state index contributed by atoms with van der Waals surface area (Å²) in [5, 5.41) is 13.9. The molecule has 2 rings (SSSR count). The van der Waals surface area contributed by atoms with Crippen LogP contribution in [0.5, 0.6) is 0 Å². The van der Waals surface area contributed by atoms with Crippen molar-refractivity contribution in [1.82, 2.24) is 24.5 Å². The molecule has 2 aromatic rings. The number of rotatable bonds is 4. The van der Waals surface area contributed by atoms with Crippen molar-refractivity contribution in [2.45, 2.75) is 26.2 Å². The molecule has 0 aliphatic rings. The average Bonchev–Trinajstić information content (AvgIpc) is 2.95. The van der Waals surface area contributed by atoms with Crippen LogP contribution in [0.15, 0.2) is 4.79 Å². The van der Waals surface area contributed by atoms with E-state index < -0.39 is 0 Å². The van der Waals surface area contributed by atoms with Gasteiger partial charge in [0.2, 0.25) is 11.1 Å². The fraction of sp³-hybridized carbons (Fsp3) is 0.636. The predicted molar refractivity (Wildman–Crippen MR) is 75.3 cm³/mol. The van der Waals surface area contributed by atoms with Crippen LogP contribution in [0.25, 0.3) is 5.13 Å². The molecular weight excluding hydrogens is 264 g/mol. The molecule has 0 saturated carbocycles. The molecule has 0 spiro atoms. The Morgan fingerprint density at radius 1 is 1.37 bits per heavy atom. The van der Waals surface area contributed by atoms with Crippen LogP contribution in [-0.4, -0.2) is 38.6 Å². The van der Waals surface area contributed by atoms with Crippen LogP contribution in [0.1, 0.15) is 31.2 Å². The van der Waals surface area contributed by atoms with Gasteiger partial charge in [-0.05, 0) is 6.42 Å². The Kier molecular flexibility index (Phi) is 3.70. The molecule has 0 radical (unpaired) electrons. The minimum Gasteiger partial charge on any atom is -0.347 e. The molecule has 7 nitrogen and oxygen atoms in total. The Hall–Kier alpha value is -1.70. The molecule has 8 heteroatoms. The summed E-state index contributed by atoms with van der Waals surface area (Å²) in [4.78, 5) is 13.9. The fourth-order valence-corrected chi connectivity index (χ4v) is 2.55. The Balaban J connectivity index is 2.45. The SMILES string of the molecule is CCC(C)c1nnc(-n2nc(N(C)C)n(C)c2=O)s1. The van der Waals surface area contributed by atoms with E-state index in [-0.39, 0.29) is 5.69 Å². The lowest BCUT2D eigenvalue weighted by Gasteiger charge is -2.08. The molecule has 0 saturated heterocycles. The molecule has 19 heavy (non-hydrogen) atoms. The summed E-state index contributed by atoms with van der Waals surface area (Å²) in [5.41, 5.74) is -0.212. The molecule has 0 amide bonds. The van der Waals surface area contributed by atoms with Crippen molar-refractivity contribution in [3.63, 3.8) is 0 Å². The molecule has 2 heterocycles. The smallest absolute Gasteiger partial charge is 0.347 e. The minimum atomic E-state index is -0.212. The van der Waals surface area contributed by atoms with Crippen molar-refractivity contribution in [2.24, 2.45) is 7.05 Å². The second kappa shape index (κ2) is 5.12. The maximum atomic E-state index is 12.1. The quantitative estimate of drug-likeness (QED) is 0.837. The average molecular weight is 282 g/mol. The van der Waals surface area contributed by atoms with Crippen molar-refractivity contribution in [1.29, 1.82) is 0 Å². The Labute approximate surface area is 115 Å². The van der Waals surface area contributed by atoms with E-state index in [1.54, 1.807) is 11.9 Å². The van der Waals surface area contributed by atoms with Crippen molar-refractivity contribution >= 4 is 17.3 Å². The van der Waals surface area contributed by atoms with Gasteiger partial charge in [-0.15, -0.1) is 20.0 Å². The first-order valence-electron chi connectivity index (χ1n) is 6.12. The third-order valence-electron chi connectivity index (χ3n) is 3.00. The van der Waals surface area contributed by atoms with Crippen LogP contribution in [-0.2, 0) is 7.05 Å². The Bertz CT molecular complexity index is 625. The number of aromatic nitrogens is 5. The predicted octanol–water partition coefficient (Wildman–Crippen LogP) is 1.00. The van der Waals surface area contributed by atoms with Gasteiger partial charge in [-0.25, -0.2) is 4.79 Å². The maximum Gasteiger partial charge on any atom is 0.354 e. The zero-order valence-electron chi connectivity index (χ0n) is 11.8. The number of hydrogen-bond donors (Lipinski definition) is 0. The highest BCUT2D eigenvalue weighted by atomic mass is 32.1. The van der Waals surface area contributed by atoms with Crippen molar-refractivity contribution in [3.05, 3.63) is 15.5 Å². The first-order valence-corrected chi connectivity index (χ1v) is 6.94. The van der Waals surface area contributed by atoms with E-state index in [0.29, 0.717) is 17.0 Å². The monoisotopic (exact) mass is 282 g/mol. The molecular formula is C11H18N6OS. The molecule has 0 N–H and O–H groups in total. The number of nitrogens with zero attached hydrogens (tertiary/aromatic N) is 6. The van der Waals surface area contributed by atoms with Crippen LogP contribution in [0, 0.1) is 0 Å². The summed E-state index contributed by atoms with van der Waals surface area (Å²) in [6.45, 7) is 4.19. The second-order valence-electron chi connectivity index (χ2n) is 4.68. The first-order chi connectivity index (χ1) is 8.95. The molecule has 0 aliphatic heterocycles. The van der Waals surface area contributed by atoms with Gasteiger partial charge in [-0.2, -0.15) is 0 Å². The van der Waals surface area contributed by atoms with E-state index in [4.69, 9.17) is 0 Å². The van der Waals surface area contributed by atoms with E-state index >= 15 is 0 Å². The lowest BCUT2D eigenvalue weighted by atomic mass is 10.1. The van der Waals surface area contributed by atoms with Gasteiger partial charge in [-0.3, -0.25) is 4.57 Å². The van der Waals surface area contributed by atoms with Gasteiger partial charge in [0.25, 0.3) is 0 Å². The fourth-order valence-electron chi connectivity index (χ4n) is 1.63. The van der Waals surface area contributed by atoms with Crippen molar-refractivity contribution in [2.75, 3.05) is 19.0 Å². The number of anilines is 1. The molecule has 0 bridgehead atoms. The van der Waals surface area contributed by atoms with E-state index in [2.05, 4.69) is 29.1 Å². The zero-order valence-corrected chi connectivity index (χ0v) is 12.6. The van der Waals surface area contributed by atoms with Gasteiger partial charge in [0.15, 0.2) is 0 Å². The van der Waals surface area contributed by atoms with Gasteiger partial charge >= 0.3 is 5.69 Å². The lowest BCUT2D eigenvalue weighted by Crippen LogP contribution is -2.23. The van der Waals surface area contributed by atoms with E-state index in [0.717, 1.165) is 11.4 Å². The Morgan fingerprint density at radius 2 is 2.05 bits per heavy atom. The van der Waals surface area contributed by atoms with Gasteiger partial charge in [0.1, 0.15) is 5.01 Å². The molecule has 2 aromatic heterocycles. The maximum absolute atomic E-state index is 12.1. The molecule has 1 unspecified atom stereocenters. The molecule has 0 aromatic carbocycles. The van der Waals surface area contributed by atoms with Gasteiger partial charge in [-0.1, -0.05) is 25.2 Å². The van der Waals surface area contributed by atoms with Crippen LogP contribution in [0.3, 0.4) is 0 Å². The van der Waals surface area contributed by atoms with Crippen molar-refractivity contribution in [3.8, 4) is 5.13 Å². The van der Waals surface area contributed by atoms with Crippen LogP contribution < -0.4 is 10.6 Å². The van der Waals surface area contributed by atoms with Crippen LogP contribution in [0.4, 0.5) is 5.95 Å². The zero-order chi connectivity index (χ0) is 14.2.